The second kappa shape index (κ2) is 5.71. The molecule has 0 spiro atoms. The number of carbonyl (C=O) groups excluding carboxylic acids is 1. The molecule has 0 bridgehead atoms. The lowest BCUT2D eigenvalue weighted by Gasteiger charge is -2.19. The summed E-state index contributed by atoms with van der Waals surface area (Å²) in [6, 6.07) is 5.14. The Morgan fingerprint density at radius 3 is 3.00 bits per heavy atom. The van der Waals surface area contributed by atoms with Gasteiger partial charge in [-0.25, -0.2) is 4.39 Å². The number of hydrogen-bond acceptors (Lipinski definition) is 3. The Kier molecular flexibility index (Phi) is 4.24. The lowest BCUT2D eigenvalue weighted by molar-refractivity contribution is 0.241. The van der Waals surface area contributed by atoms with Crippen molar-refractivity contribution in [2.24, 2.45) is 0 Å². The summed E-state index contributed by atoms with van der Waals surface area (Å²) >= 11 is 1.18. The first-order valence-corrected chi connectivity index (χ1v) is 6.83. The quantitative estimate of drug-likeness (QED) is 0.849. The first-order chi connectivity index (χ1) is 8.59. The molecule has 1 aromatic rings. The highest BCUT2D eigenvalue weighted by atomic mass is 32.2. The van der Waals surface area contributed by atoms with Gasteiger partial charge in [0.1, 0.15) is 5.82 Å². The van der Waals surface area contributed by atoms with Crippen molar-refractivity contribution < 1.29 is 9.18 Å². The SMILES string of the molecule is CN(C)C(=O)SC1CNCCc2cccc(F)c21. The maximum Gasteiger partial charge on any atom is 0.281 e. The Balaban J connectivity index is 2.29. The van der Waals surface area contributed by atoms with E-state index in [1.807, 2.05) is 6.07 Å². The van der Waals surface area contributed by atoms with Gasteiger partial charge in [-0.1, -0.05) is 23.9 Å². The molecule has 5 heteroatoms. The van der Waals surface area contributed by atoms with E-state index in [-0.39, 0.29) is 16.3 Å². The molecule has 18 heavy (non-hydrogen) atoms. The van der Waals surface area contributed by atoms with Crippen LogP contribution in [-0.2, 0) is 6.42 Å². The zero-order valence-electron chi connectivity index (χ0n) is 10.6. The van der Waals surface area contributed by atoms with Gasteiger partial charge >= 0.3 is 0 Å². The van der Waals surface area contributed by atoms with Crippen LogP contribution in [0.4, 0.5) is 9.18 Å². The number of nitrogens with one attached hydrogen (secondary N) is 1. The van der Waals surface area contributed by atoms with E-state index in [1.54, 1.807) is 20.2 Å². The maximum atomic E-state index is 14.0. The molecule has 0 radical (unpaired) electrons. The fraction of sp³-hybridized carbons (Fsp3) is 0.462. The van der Waals surface area contributed by atoms with Crippen LogP contribution in [0.2, 0.25) is 0 Å². The predicted octanol–water partition coefficient (Wildman–Crippen LogP) is 2.43. The van der Waals surface area contributed by atoms with Crippen molar-refractivity contribution in [2.45, 2.75) is 11.7 Å². The van der Waals surface area contributed by atoms with E-state index in [0.29, 0.717) is 12.1 Å². The average molecular weight is 268 g/mol. The van der Waals surface area contributed by atoms with Crippen LogP contribution in [0.1, 0.15) is 16.4 Å². The van der Waals surface area contributed by atoms with Crippen molar-refractivity contribution >= 4 is 17.0 Å². The minimum absolute atomic E-state index is 0.0436. The second-order valence-electron chi connectivity index (χ2n) is 4.53. The average Bonchev–Trinajstić information content (AvgIpc) is 2.52. The van der Waals surface area contributed by atoms with Crippen LogP contribution in [0.25, 0.3) is 0 Å². The minimum Gasteiger partial charge on any atom is -0.340 e. The molecule has 0 saturated heterocycles. The van der Waals surface area contributed by atoms with Gasteiger partial charge in [0.25, 0.3) is 5.24 Å². The zero-order valence-corrected chi connectivity index (χ0v) is 11.4. The van der Waals surface area contributed by atoms with Crippen LogP contribution >= 0.6 is 11.8 Å². The van der Waals surface area contributed by atoms with Gasteiger partial charge in [-0.05, 0) is 24.6 Å². The molecule has 3 nitrogen and oxygen atoms in total. The van der Waals surface area contributed by atoms with Gasteiger partial charge in [0.15, 0.2) is 0 Å². The Hall–Kier alpha value is -1.07. The second-order valence-corrected chi connectivity index (χ2v) is 5.69. The third kappa shape index (κ3) is 2.84. The van der Waals surface area contributed by atoms with E-state index in [9.17, 15) is 9.18 Å². The highest BCUT2D eigenvalue weighted by molar-refractivity contribution is 8.13. The van der Waals surface area contributed by atoms with Gasteiger partial charge in [-0.3, -0.25) is 4.79 Å². The molecular formula is C13H17FN2OS. The van der Waals surface area contributed by atoms with E-state index in [4.69, 9.17) is 0 Å². The normalized spacial score (nSPS) is 18.9. The highest BCUT2D eigenvalue weighted by Gasteiger charge is 2.25. The molecule has 1 unspecified atom stereocenters. The number of hydrogen-bond donors (Lipinski definition) is 1. The van der Waals surface area contributed by atoms with Crippen molar-refractivity contribution in [1.82, 2.24) is 10.2 Å². The molecule has 1 aliphatic heterocycles. The highest BCUT2D eigenvalue weighted by Crippen LogP contribution is 2.35. The monoisotopic (exact) mass is 268 g/mol. The number of carbonyl (C=O) groups is 1. The molecule has 98 valence electrons. The van der Waals surface area contributed by atoms with Crippen molar-refractivity contribution in [2.75, 3.05) is 27.2 Å². The molecule has 1 heterocycles. The topological polar surface area (TPSA) is 32.3 Å². The van der Waals surface area contributed by atoms with Gasteiger partial charge in [-0.15, -0.1) is 0 Å². The summed E-state index contributed by atoms with van der Waals surface area (Å²) in [4.78, 5) is 13.3. The molecule has 1 aromatic carbocycles. The van der Waals surface area contributed by atoms with Crippen molar-refractivity contribution in [3.8, 4) is 0 Å². The largest absolute Gasteiger partial charge is 0.340 e. The Bertz CT molecular complexity index is 451. The molecule has 0 aromatic heterocycles. The van der Waals surface area contributed by atoms with Crippen LogP contribution in [0, 0.1) is 5.82 Å². The standard InChI is InChI=1S/C13H17FN2OS/c1-16(2)13(17)18-11-8-15-7-6-9-4-3-5-10(14)12(9)11/h3-5,11,15H,6-8H2,1-2H3. The number of amides is 1. The maximum absolute atomic E-state index is 14.0. The summed E-state index contributed by atoms with van der Waals surface area (Å²) in [5.74, 6) is -0.208. The molecule has 1 N–H and O–H groups in total. The molecule has 0 fully saturated rings. The lowest BCUT2D eigenvalue weighted by Crippen LogP contribution is -2.23. The van der Waals surface area contributed by atoms with Crippen LogP contribution in [0.3, 0.4) is 0 Å². The number of nitrogens with zero attached hydrogens (tertiary/aromatic N) is 1. The van der Waals surface area contributed by atoms with E-state index in [2.05, 4.69) is 5.32 Å². The number of thioether (sulfide) groups is 1. The van der Waals surface area contributed by atoms with Gasteiger partial charge in [0, 0.05) is 26.2 Å². The van der Waals surface area contributed by atoms with E-state index < -0.39 is 0 Å². The minimum atomic E-state index is -0.208. The summed E-state index contributed by atoms with van der Waals surface area (Å²) in [5, 5.41) is 3.06. The predicted molar refractivity (Wildman–Crippen MR) is 72.4 cm³/mol. The fourth-order valence-electron chi connectivity index (χ4n) is 2.05. The summed E-state index contributed by atoms with van der Waals surface area (Å²) in [5.41, 5.74) is 1.69. The van der Waals surface area contributed by atoms with Crippen LogP contribution in [-0.4, -0.2) is 37.3 Å². The number of fused-ring (bicyclic) bond motifs is 1. The van der Waals surface area contributed by atoms with Crippen LogP contribution in [0.15, 0.2) is 18.2 Å². The number of rotatable bonds is 1. The van der Waals surface area contributed by atoms with Gasteiger partial charge in [0.05, 0.1) is 5.25 Å². The molecule has 1 aliphatic rings. The Morgan fingerprint density at radius 2 is 2.28 bits per heavy atom. The number of benzene rings is 1. The molecule has 1 amide bonds. The third-order valence-corrected chi connectivity index (χ3v) is 4.23. The summed E-state index contributed by atoms with van der Waals surface area (Å²) < 4.78 is 14.0. The molecule has 0 saturated carbocycles. The van der Waals surface area contributed by atoms with Crippen molar-refractivity contribution in [3.63, 3.8) is 0 Å². The Labute approximate surface area is 111 Å². The van der Waals surface area contributed by atoms with Crippen LogP contribution in [0.5, 0.6) is 0 Å². The van der Waals surface area contributed by atoms with Crippen LogP contribution < -0.4 is 5.32 Å². The Morgan fingerprint density at radius 1 is 1.50 bits per heavy atom. The molecule has 2 rings (SSSR count). The lowest BCUT2D eigenvalue weighted by atomic mass is 10.0. The first kappa shape index (κ1) is 13.4. The summed E-state index contributed by atoms with van der Waals surface area (Å²) in [6.45, 7) is 1.45. The molecular weight excluding hydrogens is 251 g/mol. The smallest absolute Gasteiger partial charge is 0.281 e. The van der Waals surface area contributed by atoms with Crippen molar-refractivity contribution in [1.29, 1.82) is 0 Å². The zero-order chi connectivity index (χ0) is 13.1. The van der Waals surface area contributed by atoms with Gasteiger partial charge in [-0.2, -0.15) is 0 Å². The van der Waals surface area contributed by atoms with Gasteiger partial charge in [0.2, 0.25) is 0 Å². The van der Waals surface area contributed by atoms with E-state index >= 15 is 0 Å². The van der Waals surface area contributed by atoms with Gasteiger partial charge < -0.3 is 10.2 Å². The molecule has 0 aliphatic carbocycles. The van der Waals surface area contributed by atoms with E-state index in [1.165, 1.54) is 22.7 Å². The number of halogens is 1. The van der Waals surface area contributed by atoms with Crippen molar-refractivity contribution in [3.05, 3.63) is 35.1 Å². The fourth-order valence-corrected chi connectivity index (χ4v) is 3.08. The third-order valence-electron chi connectivity index (χ3n) is 2.97. The summed E-state index contributed by atoms with van der Waals surface area (Å²) in [7, 11) is 3.42. The van der Waals surface area contributed by atoms with E-state index in [0.717, 1.165) is 18.5 Å². The first-order valence-electron chi connectivity index (χ1n) is 5.95. The summed E-state index contributed by atoms with van der Waals surface area (Å²) in [6.07, 6.45) is 0.806. The molecule has 1 atom stereocenters.